The van der Waals surface area contributed by atoms with Gasteiger partial charge in [0.1, 0.15) is 4.21 Å². The van der Waals surface area contributed by atoms with Crippen molar-refractivity contribution in [2.45, 2.75) is 4.21 Å². The van der Waals surface area contributed by atoms with E-state index in [0.717, 1.165) is 3.79 Å². The molecule has 0 aliphatic carbocycles. The molecule has 5 nitrogen and oxygen atoms in total. The van der Waals surface area contributed by atoms with Crippen LogP contribution in [0.5, 0.6) is 0 Å². The van der Waals surface area contributed by atoms with Gasteiger partial charge in [-0.05, 0) is 34.1 Å². The van der Waals surface area contributed by atoms with Crippen LogP contribution in [0, 0.1) is 0 Å². The fraction of sp³-hybridized carbons (Fsp3) is 0.364. The lowest BCUT2D eigenvalue weighted by molar-refractivity contribution is -0.127. The zero-order valence-corrected chi connectivity index (χ0v) is 13.3. The highest BCUT2D eigenvalue weighted by molar-refractivity contribution is 9.11. The molecular weight excluding hydrogens is 352 g/mol. The molecule has 0 unspecified atom stereocenters. The summed E-state index contributed by atoms with van der Waals surface area (Å²) in [6, 6.07) is 3.31. The van der Waals surface area contributed by atoms with Crippen molar-refractivity contribution in [1.29, 1.82) is 0 Å². The molecule has 19 heavy (non-hydrogen) atoms. The molecule has 1 amide bonds. The largest absolute Gasteiger partial charge is 0.337 e. The molecule has 0 aromatic carbocycles. The van der Waals surface area contributed by atoms with Gasteiger partial charge >= 0.3 is 0 Å². The number of halogens is 1. The van der Waals surface area contributed by atoms with E-state index in [0.29, 0.717) is 30.4 Å². The molecule has 104 valence electrons. The summed E-state index contributed by atoms with van der Waals surface area (Å²) in [7, 11) is -3.44. The third-order valence-corrected chi connectivity index (χ3v) is 6.86. The van der Waals surface area contributed by atoms with E-state index in [4.69, 9.17) is 0 Å². The third kappa shape index (κ3) is 3.07. The predicted molar refractivity (Wildman–Crippen MR) is 77.6 cm³/mol. The van der Waals surface area contributed by atoms with Crippen molar-refractivity contribution in [3.8, 4) is 0 Å². The van der Waals surface area contributed by atoms with Gasteiger partial charge in [-0.1, -0.05) is 6.58 Å². The van der Waals surface area contributed by atoms with E-state index >= 15 is 0 Å². The van der Waals surface area contributed by atoms with Crippen molar-refractivity contribution in [3.63, 3.8) is 0 Å². The molecule has 2 heterocycles. The van der Waals surface area contributed by atoms with E-state index in [2.05, 4.69) is 22.5 Å². The lowest BCUT2D eigenvalue weighted by atomic mass is 10.3. The summed E-state index contributed by atoms with van der Waals surface area (Å²) in [4.78, 5) is 13.0. The highest BCUT2D eigenvalue weighted by Crippen LogP contribution is 2.28. The predicted octanol–water partition coefficient (Wildman–Crippen LogP) is 1.53. The number of hydrogen-bond donors (Lipinski definition) is 0. The number of carbonyl (C=O) groups is 1. The normalized spacial score (nSPS) is 17.4. The second-order valence-electron chi connectivity index (χ2n) is 3.99. The maximum absolute atomic E-state index is 12.3. The third-order valence-electron chi connectivity index (χ3n) is 2.87. The number of nitrogens with zero attached hydrogens (tertiary/aromatic N) is 2. The Kier molecular flexibility index (Phi) is 4.44. The summed E-state index contributed by atoms with van der Waals surface area (Å²) in [6.45, 7) is 4.86. The number of carbonyl (C=O) groups excluding carboxylic acids is 1. The zero-order valence-electron chi connectivity index (χ0n) is 10.1. The number of piperazine rings is 1. The highest BCUT2D eigenvalue weighted by Gasteiger charge is 2.30. The van der Waals surface area contributed by atoms with Crippen LogP contribution in [0.4, 0.5) is 0 Å². The molecule has 1 saturated heterocycles. The van der Waals surface area contributed by atoms with Crippen LogP contribution in [0.1, 0.15) is 0 Å². The second kappa shape index (κ2) is 5.74. The van der Waals surface area contributed by atoms with E-state index in [1.54, 1.807) is 17.0 Å². The first-order valence-electron chi connectivity index (χ1n) is 5.62. The van der Waals surface area contributed by atoms with Gasteiger partial charge < -0.3 is 4.90 Å². The van der Waals surface area contributed by atoms with Crippen molar-refractivity contribution >= 4 is 43.2 Å². The van der Waals surface area contributed by atoms with Crippen molar-refractivity contribution in [3.05, 3.63) is 28.6 Å². The number of hydrogen-bond acceptors (Lipinski definition) is 4. The Bertz CT molecular complexity index is 589. The Morgan fingerprint density at radius 3 is 2.42 bits per heavy atom. The molecule has 0 saturated carbocycles. The van der Waals surface area contributed by atoms with Gasteiger partial charge in [0, 0.05) is 26.2 Å². The van der Waals surface area contributed by atoms with Crippen LogP contribution in [0.25, 0.3) is 0 Å². The van der Waals surface area contributed by atoms with Crippen LogP contribution < -0.4 is 0 Å². The molecular formula is C11H13BrN2O3S2. The Balaban J connectivity index is 2.09. The van der Waals surface area contributed by atoms with E-state index < -0.39 is 10.0 Å². The van der Waals surface area contributed by atoms with Gasteiger partial charge in [0.2, 0.25) is 5.91 Å². The summed E-state index contributed by atoms with van der Waals surface area (Å²) in [5, 5.41) is 0. The van der Waals surface area contributed by atoms with Crippen LogP contribution >= 0.6 is 27.3 Å². The van der Waals surface area contributed by atoms with E-state index in [1.807, 2.05) is 0 Å². The summed E-state index contributed by atoms with van der Waals surface area (Å²) in [5.74, 6) is -0.157. The highest BCUT2D eigenvalue weighted by atomic mass is 79.9. The van der Waals surface area contributed by atoms with Crippen molar-refractivity contribution < 1.29 is 13.2 Å². The maximum atomic E-state index is 12.3. The van der Waals surface area contributed by atoms with Gasteiger partial charge in [-0.25, -0.2) is 8.42 Å². The van der Waals surface area contributed by atoms with Crippen molar-refractivity contribution in [2.75, 3.05) is 26.2 Å². The van der Waals surface area contributed by atoms with Gasteiger partial charge in [0.15, 0.2) is 0 Å². The topological polar surface area (TPSA) is 57.7 Å². The molecule has 8 heteroatoms. The molecule has 2 rings (SSSR count). The fourth-order valence-electron chi connectivity index (χ4n) is 1.84. The molecule has 1 fully saturated rings. The zero-order chi connectivity index (χ0) is 14.0. The van der Waals surface area contributed by atoms with Gasteiger partial charge in [-0.15, -0.1) is 11.3 Å². The fourth-order valence-corrected chi connectivity index (χ4v) is 5.43. The minimum Gasteiger partial charge on any atom is -0.337 e. The summed E-state index contributed by atoms with van der Waals surface area (Å²) < 4.78 is 27.2. The van der Waals surface area contributed by atoms with Gasteiger partial charge in [-0.2, -0.15) is 4.31 Å². The van der Waals surface area contributed by atoms with E-state index in [1.165, 1.54) is 21.7 Å². The first kappa shape index (κ1) is 14.7. The number of rotatable bonds is 3. The minimum atomic E-state index is -3.44. The Hall–Kier alpha value is -0.700. The number of sulfonamides is 1. The van der Waals surface area contributed by atoms with Gasteiger partial charge in [0.05, 0.1) is 3.79 Å². The molecule has 0 radical (unpaired) electrons. The molecule has 1 aliphatic rings. The van der Waals surface area contributed by atoms with Crippen LogP contribution in [0.15, 0.2) is 32.8 Å². The summed E-state index contributed by atoms with van der Waals surface area (Å²) >= 11 is 4.45. The maximum Gasteiger partial charge on any atom is 0.252 e. The lowest BCUT2D eigenvalue weighted by Gasteiger charge is -2.33. The van der Waals surface area contributed by atoms with Crippen LogP contribution in [-0.4, -0.2) is 49.7 Å². The Labute approximate surface area is 124 Å². The van der Waals surface area contributed by atoms with Crippen LogP contribution in [0.3, 0.4) is 0 Å². The van der Waals surface area contributed by atoms with Crippen LogP contribution in [-0.2, 0) is 14.8 Å². The summed E-state index contributed by atoms with van der Waals surface area (Å²) in [6.07, 6.45) is 1.25. The van der Waals surface area contributed by atoms with E-state index in [9.17, 15) is 13.2 Å². The first-order chi connectivity index (χ1) is 8.95. The van der Waals surface area contributed by atoms with Gasteiger partial charge in [0.25, 0.3) is 10.0 Å². The molecule has 0 spiro atoms. The molecule has 1 aromatic heterocycles. The first-order valence-corrected chi connectivity index (χ1v) is 8.67. The Morgan fingerprint density at radius 1 is 1.32 bits per heavy atom. The average molecular weight is 365 g/mol. The SMILES string of the molecule is C=CC(=O)N1CCN(S(=O)(=O)c2ccc(Br)s2)CC1. The molecule has 1 aliphatic heterocycles. The smallest absolute Gasteiger partial charge is 0.252 e. The molecule has 1 aromatic rings. The quantitative estimate of drug-likeness (QED) is 0.764. The summed E-state index contributed by atoms with van der Waals surface area (Å²) in [5.41, 5.74) is 0. The standard InChI is InChI=1S/C11H13BrN2O3S2/c1-2-10(15)13-5-7-14(8-6-13)19(16,17)11-4-3-9(12)18-11/h2-4H,1,5-8H2. The second-order valence-corrected chi connectivity index (χ2v) is 8.62. The lowest BCUT2D eigenvalue weighted by Crippen LogP contribution is -2.49. The Morgan fingerprint density at radius 2 is 1.95 bits per heavy atom. The minimum absolute atomic E-state index is 0.157. The van der Waals surface area contributed by atoms with Crippen molar-refractivity contribution in [1.82, 2.24) is 9.21 Å². The van der Waals surface area contributed by atoms with Crippen LogP contribution in [0.2, 0.25) is 0 Å². The van der Waals surface area contributed by atoms with Gasteiger partial charge in [-0.3, -0.25) is 4.79 Å². The number of amides is 1. The number of thiophene rings is 1. The molecule has 0 atom stereocenters. The monoisotopic (exact) mass is 364 g/mol. The molecule has 0 N–H and O–H groups in total. The van der Waals surface area contributed by atoms with Crippen molar-refractivity contribution in [2.24, 2.45) is 0 Å². The van der Waals surface area contributed by atoms with E-state index in [-0.39, 0.29) is 5.91 Å². The molecule has 0 bridgehead atoms. The average Bonchev–Trinajstić information content (AvgIpc) is 2.85.